The van der Waals surface area contributed by atoms with Crippen LogP contribution in [0.15, 0.2) is 0 Å². The fourth-order valence-electron chi connectivity index (χ4n) is 3.97. The van der Waals surface area contributed by atoms with Crippen LogP contribution in [-0.2, 0) is 14.3 Å². The van der Waals surface area contributed by atoms with Gasteiger partial charge in [-0.15, -0.1) is 0 Å². The summed E-state index contributed by atoms with van der Waals surface area (Å²) < 4.78 is 52.8. The van der Waals surface area contributed by atoms with Crippen LogP contribution >= 0.6 is 35.3 Å². The van der Waals surface area contributed by atoms with E-state index in [2.05, 4.69) is 19.2 Å². The summed E-state index contributed by atoms with van der Waals surface area (Å²) >= 11 is 5.53. The van der Waals surface area contributed by atoms with Gasteiger partial charge in [0.25, 0.3) is 0 Å². The number of aliphatic carboxylic acids is 1. The first kappa shape index (κ1) is 39.9. The number of nitrogens with one attached hydrogen (secondary N) is 1. The lowest BCUT2D eigenvalue weighted by Crippen LogP contribution is -2.31. The molecule has 0 radical (unpaired) electrons. The van der Waals surface area contributed by atoms with E-state index in [9.17, 15) is 22.8 Å². The Morgan fingerprint density at radius 2 is 1.30 bits per heavy atom. The van der Waals surface area contributed by atoms with Crippen molar-refractivity contribution in [2.75, 3.05) is 54.2 Å². The maximum absolute atomic E-state index is 14.2. The van der Waals surface area contributed by atoms with Gasteiger partial charge < -0.3 is 19.9 Å². The van der Waals surface area contributed by atoms with E-state index < -0.39 is 35.1 Å². The van der Waals surface area contributed by atoms with Crippen LogP contribution in [0.2, 0.25) is 0 Å². The van der Waals surface area contributed by atoms with Crippen molar-refractivity contribution in [3.8, 4) is 5.75 Å². The molecule has 0 aromatic heterocycles. The van der Waals surface area contributed by atoms with Crippen molar-refractivity contribution in [2.45, 2.75) is 91.1 Å². The third-order valence-corrected chi connectivity index (χ3v) is 10.2. The second-order valence-corrected chi connectivity index (χ2v) is 14.6. The minimum Gasteiger partial charge on any atom is -0.481 e. The number of carboxylic acids is 1. The summed E-state index contributed by atoms with van der Waals surface area (Å²) in [7, 11) is 0. The zero-order chi connectivity index (χ0) is 32.1. The van der Waals surface area contributed by atoms with Crippen LogP contribution in [0.1, 0.15) is 82.8 Å². The van der Waals surface area contributed by atoms with Gasteiger partial charge in [0.15, 0.2) is 11.6 Å². The molecule has 0 atom stereocenters. The van der Waals surface area contributed by atoms with Gasteiger partial charge in [-0.3, -0.25) is 9.59 Å². The van der Waals surface area contributed by atoms with E-state index in [1.54, 1.807) is 11.8 Å². The molecule has 0 bridgehead atoms. The Morgan fingerprint density at radius 3 is 1.93 bits per heavy atom. The number of carbonyl (C=O) groups is 2. The first-order chi connectivity index (χ1) is 20.5. The maximum Gasteiger partial charge on any atom is 0.312 e. The molecule has 12 heteroatoms. The molecule has 1 aromatic carbocycles. The zero-order valence-corrected chi connectivity index (χ0v) is 28.6. The highest BCUT2D eigenvalue weighted by molar-refractivity contribution is 8.02. The van der Waals surface area contributed by atoms with Crippen LogP contribution < -0.4 is 10.1 Å². The van der Waals surface area contributed by atoms with E-state index in [1.165, 1.54) is 45.3 Å². The van der Waals surface area contributed by atoms with Crippen LogP contribution in [-0.4, -0.2) is 76.9 Å². The molecule has 6 nitrogen and oxygen atoms in total. The molecule has 1 rings (SSSR count). The lowest BCUT2D eigenvalue weighted by atomic mass is 10.1. The minimum atomic E-state index is -1.46. The molecule has 0 saturated heterocycles. The Hall–Kier alpha value is -1.08. The molecular formula is C31H50F3NO5S3. The molecule has 0 spiro atoms. The maximum atomic E-state index is 14.2. The third kappa shape index (κ3) is 18.5. The molecule has 0 fully saturated rings. The predicted octanol–water partition coefficient (Wildman–Crippen LogP) is 7.81. The normalized spacial score (nSPS) is 11.7. The molecule has 0 aliphatic heterocycles. The van der Waals surface area contributed by atoms with E-state index in [4.69, 9.17) is 14.6 Å². The number of esters is 1. The molecule has 0 aliphatic carbocycles. The minimum absolute atomic E-state index is 0.0109. The summed E-state index contributed by atoms with van der Waals surface area (Å²) in [5.41, 5.74) is -0.411. The number of hydrogen-bond acceptors (Lipinski definition) is 8. The van der Waals surface area contributed by atoms with Crippen LogP contribution in [0.4, 0.5) is 13.2 Å². The summed E-state index contributed by atoms with van der Waals surface area (Å²) in [6, 6.07) is 0. The lowest BCUT2D eigenvalue weighted by molar-refractivity contribution is -0.137. The monoisotopic (exact) mass is 669 g/mol. The molecule has 1 aromatic rings. The number of thioether (sulfide) groups is 3. The summed E-state index contributed by atoms with van der Waals surface area (Å²) in [6.45, 7) is 8.70. The molecule has 0 aliphatic rings. The molecule has 0 saturated carbocycles. The van der Waals surface area contributed by atoms with Gasteiger partial charge in [0, 0.05) is 29.6 Å². The van der Waals surface area contributed by atoms with Crippen molar-refractivity contribution in [1.29, 1.82) is 0 Å². The number of benzene rings is 1. The van der Waals surface area contributed by atoms with Crippen molar-refractivity contribution in [3.63, 3.8) is 0 Å². The Labute approximate surface area is 268 Å². The summed E-state index contributed by atoms with van der Waals surface area (Å²) in [5, 5.41) is 11.8. The number of ether oxygens (including phenoxy) is 2. The largest absolute Gasteiger partial charge is 0.481 e. The Bertz CT molecular complexity index is 940. The van der Waals surface area contributed by atoms with Crippen molar-refractivity contribution in [3.05, 3.63) is 28.6 Å². The van der Waals surface area contributed by atoms with E-state index in [1.807, 2.05) is 23.5 Å². The van der Waals surface area contributed by atoms with Gasteiger partial charge in [0.05, 0.1) is 25.0 Å². The molecule has 43 heavy (non-hydrogen) atoms. The molecule has 0 unspecified atom stereocenters. The van der Waals surface area contributed by atoms with Gasteiger partial charge in [-0.1, -0.05) is 25.7 Å². The molecule has 248 valence electrons. The fourth-order valence-corrected chi connectivity index (χ4v) is 6.85. The SMILES string of the molecule is Cc1c(C)c(F)c(OC(=O)CCSCCCCCCCCSCCSCCOC(C)(C)CCNCCC(=O)O)c(F)c1F. The fraction of sp³-hybridized carbons (Fsp3) is 0.742. The summed E-state index contributed by atoms with van der Waals surface area (Å²) in [4.78, 5) is 22.5. The first-order valence-electron chi connectivity index (χ1n) is 15.1. The smallest absolute Gasteiger partial charge is 0.312 e. The average Bonchev–Trinajstić information content (AvgIpc) is 2.96. The number of rotatable bonds is 26. The highest BCUT2D eigenvalue weighted by atomic mass is 32.2. The lowest BCUT2D eigenvalue weighted by Gasteiger charge is -2.25. The van der Waals surface area contributed by atoms with Crippen molar-refractivity contribution in [2.24, 2.45) is 0 Å². The Balaban J connectivity index is 1.90. The van der Waals surface area contributed by atoms with Crippen LogP contribution in [0.5, 0.6) is 5.75 Å². The average molecular weight is 670 g/mol. The second-order valence-electron chi connectivity index (χ2n) is 11.0. The van der Waals surface area contributed by atoms with E-state index >= 15 is 0 Å². The summed E-state index contributed by atoms with van der Waals surface area (Å²) in [5.74, 6) is -0.350. The van der Waals surface area contributed by atoms with Crippen LogP contribution in [0, 0.1) is 31.3 Å². The zero-order valence-electron chi connectivity index (χ0n) is 26.2. The van der Waals surface area contributed by atoms with Crippen LogP contribution in [0.3, 0.4) is 0 Å². The third-order valence-electron chi connectivity index (χ3n) is 6.82. The predicted molar refractivity (Wildman–Crippen MR) is 175 cm³/mol. The topological polar surface area (TPSA) is 84.9 Å². The summed E-state index contributed by atoms with van der Waals surface area (Å²) in [6.07, 6.45) is 8.07. The van der Waals surface area contributed by atoms with Gasteiger partial charge >= 0.3 is 11.9 Å². The molecule has 2 N–H and O–H groups in total. The highest BCUT2D eigenvalue weighted by Gasteiger charge is 2.24. The number of unbranched alkanes of at least 4 members (excludes halogenated alkanes) is 5. The van der Waals surface area contributed by atoms with E-state index in [0.717, 1.165) is 55.4 Å². The molecular weight excluding hydrogens is 620 g/mol. The highest BCUT2D eigenvalue weighted by Crippen LogP contribution is 2.30. The Morgan fingerprint density at radius 1 is 0.744 bits per heavy atom. The van der Waals surface area contributed by atoms with Gasteiger partial charge in [0.1, 0.15) is 0 Å². The van der Waals surface area contributed by atoms with E-state index in [0.29, 0.717) is 12.3 Å². The van der Waals surface area contributed by atoms with Crippen LogP contribution in [0.25, 0.3) is 0 Å². The Kier molecular flexibility index (Phi) is 21.6. The number of halogens is 3. The van der Waals surface area contributed by atoms with Crippen molar-refractivity contribution < 1.29 is 37.3 Å². The van der Waals surface area contributed by atoms with Gasteiger partial charge in [-0.25, -0.2) is 8.78 Å². The quantitative estimate of drug-likeness (QED) is 0.0444. The van der Waals surface area contributed by atoms with Gasteiger partial charge in [0.2, 0.25) is 11.6 Å². The van der Waals surface area contributed by atoms with Crippen molar-refractivity contribution >= 4 is 47.2 Å². The molecule has 0 heterocycles. The molecule has 0 amide bonds. The van der Waals surface area contributed by atoms with Gasteiger partial charge in [-0.2, -0.15) is 39.7 Å². The number of hydrogen-bond donors (Lipinski definition) is 2. The standard InChI is InChI=1S/C31H50F3NO5S3/c1-23-24(2)28(33)30(29(34)27(23)32)40-26(38)12-19-41-17-9-7-5-6-8-10-18-42-21-22-43-20-16-39-31(3,4)13-15-35-14-11-25(36)37/h35H,5-22H2,1-4H3,(H,36,37). The van der Waals surface area contributed by atoms with Crippen molar-refractivity contribution in [1.82, 2.24) is 5.32 Å². The number of carboxylic acid groups (broad SMARTS) is 1. The first-order valence-corrected chi connectivity index (χ1v) is 18.6. The van der Waals surface area contributed by atoms with Gasteiger partial charge in [-0.05, 0) is 76.1 Å². The number of carbonyl (C=O) groups excluding carboxylic acids is 1. The second kappa shape index (κ2) is 23.3. The van der Waals surface area contributed by atoms with E-state index in [-0.39, 0.29) is 29.6 Å².